The number of benzene rings is 1. The van der Waals surface area contributed by atoms with Crippen LogP contribution >= 0.6 is 11.6 Å². The van der Waals surface area contributed by atoms with E-state index in [1.54, 1.807) is 25.4 Å². The number of hydrogen-bond donors (Lipinski definition) is 2. The quantitative estimate of drug-likeness (QED) is 0.817. The lowest BCUT2D eigenvalue weighted by Crippen LogP contribution is -2.21. The molecule has 118 valence electrons. The average molecular weight is 322 g/mol. The molecule has 7 heteroatoms. The lowest BCUT2D eigenvalue weighted by molar-refractivity contribution is 0.415. The Hall–Kier alpha value is -2.05. The Labute approximate surface area is 135 Å². The summed E-state index contributed by atoms with van der Waals surface area (Å²) < 4.78 is 5.13. The minimum absolute atomic E-state index is 0.547. The normalized spacial score (nSPS) is 10.6. The second kappa shape index (κ2) is 7.82. The molecule has 6 nitrogen and oxygen atoms in total. The first-order valence-corrected chi connectivity index (χ1v) is 7.28. The molecule has 0 aliphatic heterocycles. The van der Waals surface area contributed by atoms with Crippen LogP contribution in [-0.2, 0) is 0 Å². The molecular weight excluding hydrogens is 302 g/mol. The molecule has 1 aromatic heterocycles. The summed E-state index contributed by atoms with van der Waals surface area (Å²) in [5, 5.41) is 6.92. The molecular formula is C15H20ClN5O. The molecule has 0 aliphatic rings. The summed E-state index contributed by atoms with van der Waals surface area (Å²) in [6.07, 6.45) is 1.71. The van der Waals surface area contributed by atoms with Gasteiger partial charge in [0.15, 0.2) is 0 Å². The van der Waals surface area contributed by atoms with Crippen LogP contribution < -0.4 is 15.4 Å². The van der Waals surface area contributed by atoms with Crippen molar-refractivity contribution >= 4 is 29.1 Å². The summed E-state index contributed by atoms with van der Waals surface area (Å²) in [6.45, 7) is 1.69. The number of hydrogen-bond acceptors (Lipinski definition) is 6. The van der Waals surface area contributed by atoms with Crippen LogP contribution in [0.1, 0.15) is 0 Å². The number of anilines is 3. The van der Waals surface area contributed by atoms with Gasteiger partial charge in [-0.2, -0.15) is 4.98 Å². The maximum atomic E-state index is 6.11. The van der Waals surface area contributed by atoms with E-state index in [1.807, 2.05) is 26.2 Å². The van der Waals surface area contributed by atoms with Crippen LogP contribution in [0.2, 0.25) is 5.02 Å². The van der Waals surface area contributed by atoms with Crippen molar-refractivity contribution in [3.63, 3.8) is 0 Å². The van der Waals surface area contributed by atoms with Crippen LogP contribution in [0.3, 0.4) is 0 Å². The van der Waals surface area contributed by atoms with Gasteiger partial charge < -0.3 is 20.3 Å². The molecule has 0 fully saturated rings. The Morgan fingerprint density at radius 2 is 2.09 bits per heavy atom. The predicted molar refractivity (Wildman–Crippen MR) is 90.4 cm³/mol. The number of halogens is 1. The van der Waals surface area contributed by atoms with Gasteiger partial charge in [-0.3, -0.25) is 0 Å². The van der Waals surface area contributed by atoms with E-state index < -0.39 is 0 Å². The van der Waals surface area contributed by atoms with Crippen molar-refractivity contribution < 1.29 is 4.74 Å². The highest BCUT2D eigenvalue weighted by molar-refractivity contribution is 6.32. The van der Waals surface area contributed by atoms with Crippen LogP contribution in [0.4, 0.5) is 17.5 Å². The third-order valence-electron chi connectivity index (χ3n) is 2.92. The highest BCUT2D eigenvalue weighted by Gasteiger charge is 2.04. The van der Waals surface area contributed by atoms with Crippen molar-refractivity contribution in [1.82, 2.24) is 14.9 Å². The lowest BCUT2D eigenvalue weighted by atomic mass is 10.3. The van der Waals surface area contributed by atoms with Crippen molar-refractivity contribution in [2.24, 2.45) is 0 Å². The largest absolute Gasteiger partial charge is 0.495 e. The number of ether oxygens (including phenoxy) is 1. The van der Waals surface area contributed by atoms with Crippen LogP contribution in [0, 0.1) is 0 Å². The zero-order valence-corrected chi connectivity index (χ0v) is 13.7. The number of methoxy groups -OCH3 is 1. The minimum atomic E-state index is 0.547. The molecule has 0 atom stereocenters. The summed E-state index contributed by atoms with van der Waals surface area (Å²) in [6, 6.07) is 7.28. The van der Waals surface area contributed by atoms with Gasteiger partial charge >= 0.3 is 0 Å². The fourth-order valence-electron chi connectivity index (χ4n) is 1.80. The highest BCUT2D eigenvalue weighted by atomic mass is 35.5. The van der Waals surface area contributed by atoms with E-state index in [0.717, 1.165) is 18.8 Å². The zero-order valence-electron chi connectivity index (χ0n) is 12.9. The fraction of sp³-hybridized carbons (Fsp3) is 0.333. The van der Waals surface area contributed by atoms with Gasteiger partial charge in [0.05, 0.1) is 12.1 Å². The Bertz CT molecular complexity index is 621. The first kappa shape index (κ1) is 16.3. The Kier molecular flexibility index (Phi) is 5.80. The van der Waals surface area contributed by atoms with Gasteiger partial charge in [-0.1, -0.05) is 11.6 Å². The summed E-state index contributed by atoms with van der Waals surface area (Å²) in [7, 11) is 5.63. The topological polar surface area (TPSA) is 62.3 Å². The van der Waals surface area contributed by atoms with E-state index in [9.17, 15) is 0 Å². The van der Waals surface area contributed by atoms with E-state index in [4.69, 9.17) is 16.3 Å². The van der Waals surface area contributed by atoms with Gasteiger partial charge in [-0.25, -0.2) is 4.98 Å². The molecule has 1 heterocycles. The molecule has 0 saturated carbocycles. The maximum absolute atomic E-state index is 6.11. The van der Waals surface area contributed by atoms with Gasteiger partial charge in [0.1, 0.15) is 11.6 Å². The van der Waals surface area contributed by atoms with Crippen molar-refractivity contribution in [2.45, 2.75) is 0 Å². The predicted octanol–water partition coefficient (Wildman–Crippen LogP) is 2.86. The monoisotopic (exact) mass is 321 g/mol. The van der Waals surface area contributed by atoms with Gasteiger partial charge in [-0.05, 0) is 38.4 Å². The SMILES string of the molecule is COc1ccc(Nc2ccnc(NCCN(C)C)n2)cc1Cl. The van der Waals surface area contributed by atoms with Crippen molar-refractivity contribution in [2.75, 3.05) is 44.9 Å². The summed E-state index contributed by atoms with van der Waals surface area (Å²) in [4.78, 5) is 10.7. The zero-order chi connectivity index (χ0) is 15.9. The van der Waals surface area contributed by atoms with Gasteiger partial charge in [0, 0.05) is 25.0 Å². The van der Waals surface area contributed by atoms with Gasteiger partial charge in [0.25, 0.3) is 0 Å². The summed E-state index contributed by atoms with van der Waals surface area (Å²) in [5.74, 6) is 1.93. The van der Waals surface area contributed by atoms with Crippen LogP contribution in [-0.4, -0.2) is 49.2 Å². The van der Waals surface area contributed by atoms with Gasteiger partial charge in [-0.15, -0.1) is 0 Å². The maximum Gasteiger partial charge on any atom is 0.224 e. The number of likely N-dealkylation sites (N-methyl/N-ethyl adjacent to an activating group) is 1. The molecule has 0 saturated heterocycles. The molecule has 22 heavy (non-hydrogen) atoms. The molecule has 0 unspecified atom stereocenters. The molecule has 0 spiro atoms. The molecule has 2 aromatic rings. The van der Waals surface area contributed by atoms with E-state index in [1.165, 1.54) is 0 Å². The standard InChI is InChI=1S/C15H20ClN5O/c1-21(2)9-8-18-15-17-7-6-14(20-15)19-11-4-5-13(22-3)12(16)10-11/h4-7,10H,8-9H2,1-3H3,(H2,17,18,19,20). The highest BCUT2D eigenvalue weighted by Crippen LogP contribution is 2.28. The molecule has 0 radical (unpaired) electrons. The van der Waals surface area contributed by atoms with Crippen molar-refractivity contribution in [3.8, 4) is 5.75 Å². The molecule has 1 aromatic carbocycles. The second-order valence-corrected chi connectivity index (χ2v) is 5.38. The number of nitrogens with zero attached hydrogens (tertiary/aromatic N) is 3. The van der Waals surface area contributed by atoms with E-state index in [-0.39, 0.29) is 0 Å². The van der Waals surface area contributed by atoms with Crippen LogP contribution in [0.5, 0.6) is 5.75 Å². The first-order chi connectivity index (χ1) is 10.6. The first-order valence-electron chi connectivity index (χ1n) is 6.90. The van der Waals surface area contributed by atoms with E-state index >= 15 is 0 Å². The third kappa shape index (κ3) is 4.75. The molecule has 0 bridgehead atoms. The average Bonchev–Trinajstić information content (AvgIpc) is 2.47. The van der Waals surface area contributed by atoms with E-state index in [2.05, 4.69) is 25.5 Å². The third-order valence-corrected chi connectivity index (χ3v) is 3.22. The molecule has 0 amide bonds. The van der Waals surface area contributed by atoms with Crippen LogP contribution in [0.15, 0.2) is 30.5 Å². The van der Waals surface area contributed by atoms with Crippen molar-refractivity contribution in [1.29, 1.82) is 0 Å². The van der Waals surface area contributed by atoms with Crippen molar-refractivity contribution in [3.05, 3.63) is 35.5 Å². The second-order valence-electron chi connectivity index (χ2n) is 4.97. The molecule has 2 rings (SSSR count). The Balaban J connectivity index is 2.02. The summed E-state index contributed by atoms with van der Waals surface area (Å²) >= 11 is 6.11. The smallest absolute Gasteiger partial charge is 0.224 e. The van der Waals surface area contributed by atoms with Gasteiger partial charge in [0.2, 0.25) is 5.95 Å². The number of nitrogens with one attached hydrogen (secondary N) is 2. The number of rotatable bonds is 7. The molecule has 2 N–H and O–H groups in total. The Morgan fingerprint density at radius 1 is 1.27 bits per heavy atom. The molecule has 0 aliphatic carbocycles. The number of aromatic nitrogens is 2. The fourth-order valence-corrected chi connectivity index (χ4v) is 2.05. The van der Waals surface area contributed by atoms with Crippen LogP contribution in [0.25, 0.3) is 0 Å². The lowest BCUT2D eigenvalue weighted by Gasteiger charge is -2.11. The summed E-state index contributed by atoms with van der Waals surface area (Å²) in [5.41, 5.74) is 0.837. The minimum Gasteiger partial charge on any atom is -0.495 e. The Morgan fingerprint density at radius 3 is 2.77 bits per heavy atom. The van der Waals surface area contributed by atoms with E-state index in [0.29, 0.717) is 22.5 Å².